The van der Waals surface area contributed by atoms with Crippen LogP contribution in [0, 0.1) is 0 Å². The molecule has 0 radical (unpaired) electrons. The standard InChI is InChI=1S/C23H22F3N3O2/c24-23(25,26)20-6-5-17-19(28-20)13-18(27-17)15-7-10-29(11-8-15)22(30)21-16-4-2-1-3-14(16)9-12-31-21/h1-6,13,15,21,27H,7-12H2/t21-/m0/s1. The number of carbonyl (C=O) groups excluding carboxylic acids is 1. The van der Waals surface area contributed by atoms with Gasteiger partial charge >= 0.3 is 6.18 Å². The number of benzene rings is 1. The molecule has 0 bridgehead atoms. The second-order valence-corrected chi connectivity index (χ2v) is 8.15. The molecular weight excluding hydrogens is 407 g/mol. The summed E-state index contributed by atoms with van der Waals surface area (Å²) in [4.78, 5) is 21.9. The molecule has 1 saturated heterocycles. The van der Waals surface area contributed by atoms with Crippen LogP contribution in [0.25, 0.3) is 11.0 Å². The number of carbonyl (C=O) groups is 1. The number of ether oxygens (including phenoxy) is 1. The highest BCUT2D eigenvalue weighted by atomic mass is 19.4. The van der Waals surface area contributed by atoms with E-state index in [0.717, 1.165) is 42.1 Å². The molecule has 1 atom stereocenters. The molecule has 0 unspecified atom stereocenters. The molecule has 0 saturated carbocycles. The second kappa shape index (κ2) is 7.67. The van der Waals surface area contributed by atoms with Crippen molar-refractivity contribution in [2.45, 2.75) is 37.5 Å². The lowest BCUT2D eigenvalue weighted by atomic mass is 9.92. The summed E-state index contributed by atoms with van der Waals surface area (Å²) >= 11 is 0. The van der Waals surface area contributed by atoms with Crippen molar-refractivity contribution in [1.29, 1.82) is 0 Å². The number of nitrogens with one attached hydrogen (secondary N) is 1. The zero-order chi connectivity index (χ0) is 21.6. The molecule has 8 heteroatoms. The maximum Gasteiger partial charge on any atom is 0.433 e. The fourth-order valence-electron chi connectivity index (χ4n) is 4.58. The second-order valence-electron chi connectivity index (χ2n) is 8.15. The van der Waals surface area contributed by atoms with E-state index in [4.69, 9.17) is 4.74 Å². The minimum absolute atomic E-state index is 0.0151. The molecule has 1 aromatic carbocycles. The van der Waals surface area contributed by atoms with E-state index in [1.165, 1.54) is 6.07 Å². The summed E-state index contributed by atoms with van der Waals surface area (Å²) in [6.07, 6.45) is -2.73. The van der Waals surface area contributed by atoms with E-state index < -0.39 is 18.0 Å². The van der Waals surface area contributed by atoms with Gasteiger partial charge in [-0.25, -0.2) is 4.98 Å². The summed E-state index contributed by atoms with van der Waals surface area (Å²) in [6.45, 7) is 1.70. The number of H-pyrrole nitrogens is 1. The van der Waals surface area contributed by atoms with E-state index >= 15 is 0 Å². The number of piperidine rings is 1. The molecule has 2 aliphatic rings. The Morgan fingerprint density at radius 1 is 1.13 bits per heavy atom. The molecule has 0 spiro atoms. The van der Waals surface area contributed by atoms with Crippen LogP contribution < -0.4 is 0 Å². The molecule has 0 aliphatic carbocycles. The number of likely N-dealkylation sites (tertiary alicyclic amines) is 1. The van der Waals surface area contributed by atoms with Crippen LogP contribution in [-0.2, 0) is 22.1 Å². The van der Waals surface area contributed by atoms with Crippen LogP contribution in [0.5, 0.6) is 0 Å². The van der Waals surface area contributed by atoms with Gasteiger partial charge in [-0.2, -0.15) is 13.2 Å². The number of hydrogen-bond acceptors (Lipinski definition) is 3. The number of aromatic amines is 1. The van der Waals surface area contributed by atoms with E-state index in [9.17, 15) is 18.0 Å². The van der Waals surface area contributed by atoms with Crippen LogP contribution in [0.1, 0.15) is 47.4 Å². The van der Waals surface area contributed by atoms with Crippen molar-refractivity contribution >= 4 is 16.9 Å². The highest BCUT2D eigenvalue weighted by Crippen LogP contribution is 2.34. The van der Waals surface area contributed by atoms with E-state index in [1.807, 2.05) is 29.2 Å². The summed E-state index contributed by atoms with van der Waals surface area (Å²) in [5, 5.41) is 0. The first kappa shape index (κ1) is 20.1. The highest BCUT2D eigenvalue weighted by molar-refractivity contribution is 5.83. The number of hydrogen-bond donors (Lipinski definition) is 1. The Morgan fingerprint density at radius 2 is 1.90 bits per heavy atom. The number of alkyl halides is 3. The van der Waals surface area contributed by atoms with E-state index in [2.05, 4.69) is 9.97 Å². The molecular formula is C23H22F3N3O2. The van der Waals surface area contributed by atoms with Crippen molar-refractivity contribution in [3.8, 4) is 0 Å². The third-order valence-electron chi connectivity index (χ3n) is 6.25. The number of amides is 1. The Labute approximate surface area is 177 Å². The lowest BCUT2D eigenvalue weighted by molar-refractivity contribution is -0.146. The lowest BCUT2D eigenvalue weighted by Gasteiger charge is -2.35. The molecule has 5 rings (SSSR count). The van der Waals surface area contributed by atoms with Crippen molar-refractivity contribution in [1.82, 2.24) is 14.9 Å². The first-order valence-corrected chi connectivity index (χ1v) is 10.5. The maximum atomic E-state index is 13.1. The maximum absolute atomic E-state index is 13.1. The Bertz CT molecular complexity index is 1120. The summed E-state index contributed by atoms with van der Waals surface area (Å²) in [6, 6.07) is 12.0. The molecule has 31 heavy (non-hydrogen) atoms. The van der Waals surface area contributed by atoms with Gasteiger partial charge in [0, 0.05) is 24.7 Å². The molecule has 4 heterocycles. The Hall–Kier alpha value is -2.87. The van der Waals surface area contributed by atoms with Gasteiger partial charge in [-0.15, -0.1) is 0 Å². The van der Waals surface area contributed by atoms with Crippen LogP contribution in [-0.4, -0.2) is 40.5 Å². The van der Waals surface area contributed by atoms with Gasteiger partial charge in [-0.05, 0) is 48.6 Å². The number of rotatable bonds is 2. The lowest BCUT2D eigenvalue weighted by Crippen LogP contribution is -2.42. The Morgan fingerprint density at radius 3 is 2.68 bits per heavy atom. The van der Waals surface area contributed by atoms with Crippen molar-refractivity contribution < 1.29 is 22.7 Å². The van der Waals surface area contributed by atoms with Gasteiger partial charge < -0.3 is 14.6 Å². The van der Waals surface area contributed by atoms with Crippen molar-refractivity contribution in [2.24, 2.45) is 0 Å². The predicted octanol–water partition coefficient (Wildman–Crippen LogP) is 4.60. The van der Waals surface area contributed by atoms with Gasteiger partial charge in [0.15, 0.2) is 6.10 Å². The zero-order valence-corrected chi connectivity index (χ0v) is 16.8. The largest absolute Gasteiger partial charge is 0.433 e. The first-order valence-electron chi connectivity index (χ1n) is 10.5. The molecule has 162 valence electrons. The monoisotopic (exact) mass is 429 g/mol. The first-order chi connectivity index (χ1) is 14.9. The van der Waals surface area contributed by atoms with Crippen LogP contribution >= 0.6 is 0 Å². The number of pyridine rings is 1. The molecule has 1 fully saturated rings. The van der Waals surface area contributed by atoms with Gasteiger partial charge in [0.1, 0.15) is 5.69 Å². The predicted molar refractivity (Wildman–Crippen MR) is 108 cm³/mol. The van der Waals surface area contributed by atoms with Crippen molar-refractivity contribution in [2.75, 3.05) is 19.7 Å². The normalized spacial score (nSPS) is 20.1. The summed E-state index contributed by atoms with van der Waals surface area (Å²) < 4.78 is 44.6. The number of nitrogens with zero attached hydrogens (tertiary/aromatic N) is 2. The zero-order valence-electron chi connectivity index (χ0n) is 16.8. The van der Waals surface area contributed by atoms with Gasteiger partial charge in [0.2, 0.25) is 0 Å². The topological polar surface area (TPSA) is 58.2 Å². The molecule has 1 amide bonds. The fourth-order valence-corrected chi connectivity index (χ4v) is 4.58. The minimum Gasteiger partial charge on any atom is -0.363 e. The number of fused-ring (bicyclic) bond motifs is 2. The third kappa shape index (κ3) is 3.80. The minimum atomic E-state index is -4.46. The van der Waals surface area contributed by atoms with Gasteiger partial charge in [0.25, 0.3) is 5.91 Å². The molecule has 3 aromatic rings. The molecule has 2 aliphatic heterocycles. The molecule has 5 nitrogen and oxygen atoms in total. The molecule has 1 N–H and O–H groups in total. The van der Waals surface area contributed by atoms with Gasteiger partial charge in [0.05, 0.1) is 17.6 Å². The average molecular weight is 429 g/mol. The average Bonchev–Trinajstić information content (AvgIpc) is 3.21. The highest BCUT2D eigenvalue weighted by Gasteiger charge is 2.34. The summed E-state index contributed by atoms with van der Waals surface area (Å²) in [5.41, 5.74) is 2.99. The van der Waals surface area contributed by atoms with Crippen LogP contribution in [0.2, 0.25) is 0 Å². The van der Waals surface area contributed by atoms with E-state index in [0.29, 0.717) is 30.7 Å². The third-order valence-corrected chi connectivity index (χ3v) is 6.25. The van der Waals surface area contributed by atoms with Crippen molar-refractivity contribution in [3.63, 3.8) is 0 Å². The SMILES string of the molecule is O=C([C@H]1OCCc2ccccc21)N1CCC(c2cc3nc(C(F)(F)F)ccc3[nH]2)CC1. The van der Waals surface area contributed by atoms with E-state index in [-0.39, 0.29) is 11.8 Å². The van der Waals surface area contributed by atoms with Crippen LogP contribution in [0.15, 0.2) is 42.5 Å². The summed E-state index contributed by atoms with van der Waals surface area (Å²) in [5.74, 6) is 0.130. The van der Waals surface area contributed by atoms with Gasteiger partial charge in [-0.1, -0.05) is 24.3 Å². The van der Waals surface area contributed by atoms with Crippen LogP contribution in [0.4, 0.5) is 13.2 Å². The van der Waals surface area contributed by atoms with Crippen molar-refractivity contribution in [3.05, 3.63) is 65.0 Å². The molecule has 2 aromatic heterocycles. The quantitative estimate of drug-likeness (QED) is 0.648. The fraction of sp³-hybridized carbons (Fsp3) is 0.391. The van der Waals surface area contributed by atoms with Crippen LogP contribution in [0.3, 0.4) is 0 Å². The van der Waals surface area contributed by atoms with Gasteiger partial charge in [-0.3, -0.25) is 4.79 Å². The smallest absolute Gasteiger partial charge is 0.363 e. The number of aromatic nitrogens is 2. The summed E-state index contributed by atoms with van der Waals surface area (Å²) in [7, 11) is 0. The Balaban J connectivity index is 1.28. The van der Waals surface area contributed by atoms with E-state index in [1.54, 1.807) is 6.07 Å². The number of halogens is 3. The Kier molecular flexibility index (Phi) is 4.97.